The minimum absolute atomic E-state index is 0.0556. The molecule has 164 valence electrons. The van der Waals surface area contributed by atoms with Gasteiger partial charge in [-0.1, -0.05) is 25.7 Å². The largest absolute Gasteiger partial charge is 0.373 e. The highest BCUT2D eigenvalue weighted by molar-refractivity contribution is 5.77. The standard InChI is InChI=1S/C23H35N5O2/c1-16(29)27-14-12-18-19(15-27)25-23(26-22(18)24-2)20-9-5-6-13-28(20)21(30)11-10-17-7-3-4-8-17/h17,20H,3-15H2,1-2H3,(H,24,25,26)/t20-/m0/s1. The Morgan fingerprint density at radius 2 is 1.83 bits per heavy atom. The van der Waals surface area contributed by atoms with Crippen molar-refractivity contribution in [2.24, 2.45) is 5.92 Å². The number of piperidine rings is 1. The van der Waals surface area contributed by atoms with Crippen molar-refractivity contribution in [3.8, 4) is 0 Å². The predicted molar refractivity (Wildman–Crippen MR) is 116 cm³/mol. The predicted octanol–water partition coefficient (Wildman–Crippen LogP) is 3.45. The number of carbonyl (C=O) groups is 2. The van der Waals surface area contributed by atoms with Gasteiger partial charge in [-0.05, 0) is 38.0 Å². The molecule has 3 heterocycles. The van der Waals surface area contributed by atoms with Gasteiger partial charge in [0, 0.05) is 39.0 Å². The van der Waals surface area contributed by atoms with Crippen LogP contribution in [0.15, 0.2) is 0 Å². The average Bonchev–Trinajstić information content (AvgIpc) is 3.30. The Morgan fingerprint density at radius 1 is 1.07 bits per heavy atom. The van der Waals surface area contributed by atoms with Gasteiger partial charge in [-0.2, -0.15) is 0 Å². The molecule has 1 N–H and O–H groups in total. The van der Waals surface area contributed by atoms with Gasteiger partial charge in [-0.15, -0.1) is 0 Å². The second kappa shape index (κ2) is 9.31. The number of fused-ring (bicyclic) bond motifs is 1. The van der Waals surface area contributed by atoms with E-state index in [1.807, 2.05) is 16.8 Å². The highest BCUT2D eigenvalue weighted by Crippen LogP contribution is 2.34. The maximum atomic E-state index is 13.1. The van der Waals surface area contributed by atoms with Crippen molar-refractivity contribution in [3.05, 3.63) is 17.1 Å². The third-order valence-electron chi connectivity index (χ3n) is 7.13. The third kappa shape index (κ3) is 4.44. The van der Waals surface area contributed by atoms with Crippen LogP contribution in [-0.4, -0.2) is 51.7 Å². The molecular weight excluding hydrogens is 378 g/mol. The molecule has 0 aromatic carbocycles. The van der Waals surface area contributed by atoms with Gasteiger partial charge < -0.3 is 15.1 Å². The van der Waals surface area contributed by atoms with Gasteiger partial charge >= 0.3 is 0 Å². The maximum absolute atomic E-state index is 13.1. The highest BCUT2D eigenvalue weighted by Gasteiger charge is 2.32. The maximum Gasteiger partial charge on any atom is 0.223 e. The summed E-state index contributed by atoms with van der Waals surface area (Å²) in [5.41, 5.74) is 2.03. The van der Waals surface area contributed by atoms with E-state index in [0.29, 0.717) is 19.5 Å². The summed E-state index contributed by atoms with van der Waals surface area (Å²) in [6.45, 7) is 3.63. The van der Waals surface area contributed by atoms with Crippen LogP contribution >= 0.6 is 0 Å². The lowest BCUT2D eigenvalue weighted by Crippen LogP contribution is -2.40. The van der Waals surface area contributed by atoms with Crippen molar-refractivity contribution in [2.75, 3.05) is 25.5 Å². The zero-order valence-electron chi connectivity index (χ0n) is 18.5. The van der Waals surface area contributed by atoms with Crippen molar-refractivity contribution >= 4 is 17.6 Å². The van der Waals surface area contributed by atoms with Crippen LogP contribution in [0.1, 0.15) is 87.8 Å². The van der Waals surface area contributed by atoms with E-state index < -0.39 is 0 Å². The Morgan fingerprint density at radius 3 is 2.57 bits per heavy atom. The Bertz CT molecular complexity index is 790. The number of nitrogens with one attached hydrogen (secondary N) is 1. The van der Waals surface area contributed by atoms with Crippen molar-refractivity contribution in [3.63, 3.8) is 0 Å². The Hall–Kier alpha value is -2.18. The lowest BCUT2D eigenvalue weighted by molar-refractivity contribution is -0.135. The summed E-state index contributed by atoms with van der Waals surface area (Å²) in [6, 6.07) is -0.0556. The fourth-order valence-corrected chi connectivity index (χ4v) is 5.34. The van der Waals surface area contributed by atoms with Gasteiger partial charge in [-0.3, -0.25) is 9.59 Å². The molecule has 0 spiro atoms. The number of nitrogens with zero attached hydrogens (tertiary/aromatic N) is 4. The number of hydrogen-bond acceptors (Lipinski definition) is 5. The van der Waals surface area contributed by atoms with Crippen LogP contribution in [0.5, 0.6) is 0 Å². The summed E-state index contributed by atoms with van der Waals surface area (Å²) in [4.78, 5) is 38.6. The monoisotopic (exact) mass is 413 g/mol. The molecule has 1 atom stereocenters. The van der Waals surface area contributed by atoms with Gasteiger partial charge in [0.25, 0.3) is 0 Å². The van der Waals surface area contributed by atoms with Crippen molar-refractivity contribution in [2.45, 2.75) is 83.7 Å². The van der Waals surface area contributed by atoms with E-state index in [4.69, 9.17) is 9.97 Å². The van der Waals surface area contributed by atoms with Crippen molar-refractivity contribution < 1.29 is 9.59 Å². The molecular formula is C23H35N5O2. The molecule has 3 aliphatic rings. The van der Waals surface area contributed by atoms with E-state index in [0.717, 1.165) is 67.5 Å². The molecule has 30 heavy (non-hydrogen) atoms. The van der Waals surface area contributed by atoms with Crippen LogP contribution in [0, 0.1) is 5.92 Å². The number of carbonyl (C=O) groups excluding carboxylic acids is 2. The van der Waals surface area contributed by atoms with Crippen LogP contribution in [0.2, 0.25) is 0 Å². The first-order chi connectivity index (χ1) is 14.6. The van der Waals surface area contributed by atoms with E-state index in [-0.39, 0.29) is 17.9 Å². The number of anilines is 1. The number of rotatable bonds is 5. The lowest BCUT2D eigenvalue weighted by atomic mass is 9.97. The highest BCUT2D eigenvalue weighted by atomic mass is 16.2. The molecule has 1 aromatic rings. The van der Waals surface area contributed by atoms with E-state index >= 15 is 0 Å². The van der Waals surface area contributed by atoms with Gasteiger partial charge in [0.15, 0.2) is 5.82 Å². The molecule has 2 amide bonds. The van der Waals surface area contributed by atoms with E-state index in [9.17, 15) is 9.59 Å². The first-order valence-corrected chi connectivity index (χ1v) is 11.7. The minimum Gasteiger partial charge on any atom is -0.373 e. The molecule has 1 aliphatic carbocycles. The Kier molecular flexibility index (Phi) is 6.54. The fourth-order valence-electron chi connectivity index (χ4n) is 5.34. The molecule has 7 heteroatoms. The molecule has 1 saturated carbocycles. The molecule has 4 rings (SSSR count). The van der Waals surface area contributed by atoms with Crippen LogP contribution in [0.4, 0.5) is 5.82 Å². The molecule has 2 fully saturated rings. The summed E-state index contributed by atoms with van der Waals surface area (Å²) >= 11 is 0. The molecule has 0 bridgehead atoms. The van der Waals surface area contributed by atoms with Gasteiger partial charge in [0.1, 0.15) is 5.82 Å². The fraction of sp³-hybridized carbons (Fsp3) is 0.739. The zero-order chi connectivity index (χ0) is 21.1. The molecule has 0 unspecified atom stereocenters. The van der Waals surface area contributed by atoms with Crippen molar-refractivity contribution in [1.29, 1.82) is 0 Å². The second-order valence-electron chi connectivity index (χ2n) is 9.08. The Labute approximate surface area is 179 Å². The SMILES string of the molecule is CNc1nc([C@@H]2CCCCN2C(=O)CCC2CCCC2)nc2c1CCN(C(C)=O)C2. The van der Waals surface area contributed by atoms with E-state index in [2.05, 4.69) is 5.32 Å². The second-order valence-corrected chi connectivity index (χ2v) is 9.08. The summed E-state index contributed by atoms with van der Waals surface area (Å²) in [7, 11) is 1.88. The van der Waals surface area contributed by atoms with Gasteiger partial charge in [0.05, 0.1) is 18.3 Å². The summed E-state index contributed by atoms with van der Waals surface area (Å²) in [5, 5.41) is 3.23. The van der Waals surface area contributed by atoms with Crippen LogP contribution in [0.3, 0.4) is 0 Å². The molecule has 7 nitrogen and oxygen atoms in total. The van der Waals surface area contributed by atoms with Crippen LogP contribution in [-0.2, 0) is 22.6 Å². The quantitative estimate of drug-likeness (QED) is 0.800. The Balaban J connectivity index is 1.55. The normalized spacial score (nSPS) is 22.1. The van der Waals surface area contributed by atoms with Gasteiger partial charge in [-0.25, -0.2) is 9.97 Å². The van der Waals surface area contributed by atoms with Gasteiger partial charge in [0.2, 0.25) is 11.8 Å². The number of aromatic nitrogens is 2. The van der Waals surface area contributed by atoms with Crippen LogP contribution < -0.4 is 5.32 Å². The number of hydrogen-bond donors (Lipinski definition) is 1. The topological polar surface area (TPSA) is 78.4 Å². The minimum atomic E-state index is -0.0556. The molecule has 1 aromatic heterocycles. The zero-order valence-corrected chi connectivity index (χ0v) is 18.5. The molecule has 1 saturated heterocycles. The van der Waals surface area contributed by atoms with Crippen molar-refractivity contribution in [1.82, 2.24) is 19.8 Å². The summed E-state index contributed by atoms with van der Waals surface area (Å²) in [5.74, 6) is 2.64. The number of amides is 2. The first-order valence-electron chi connectivity index (χ1n) is 11.7. The third-order valence-corrected chi connectivity index (χ3v) is 7.13. The number of likely N-dealkylation sites (tertiary alicyclic amines) is 1. The molecule has 0 radical (unpaired) electrons. The van der Waals surface area contributed by atoms with Crippen LogP contribution in [0.25, 0.3) is 0 Å². The smallest absolute Gasteiger partial charge is 0.223 e. The van der Waals surface area contributed by atoms with E-state index in [1.165, 1.54) is 25.7 Å². The summed E-state index contributed by atoms with van der Waals surface area (Å²) in [6.07, 6.45) is 10.7. The molecule has 2 aliphatic heterocycles. The lowest BCUT2D eigenvalue weighted by Gasteiger charge is -2.36. The summed E-state index contributed by atoms with van der Waals surface area (Å²) < 4.78 is 0. The first kappa shape index (κ1) is 21.1. The average molecular weight is 414 g/mol. The van der Waals surface area contributed by atoms with E-state index in [1.54, 1.807) is 6.92 Å².